The lowest BCUT2D eigenvalue weighted by molar-refractivity contribution is -0.137. The van der Waals surface area contributed by atoms with Crippen LogP contribution in [-0.4, -0.2) is 12.6 Å². The molecule has 1 fully saturated rings. The maximum Gasteiger partial charge on any atom is 0.416 e. The molecule has 0 amide bonds. The molecule has 1 aliphatic rings. The molecule has 1 atom stereocenters. The van der Waals surface area contributed by atoms with Crippen LogP contribution in [0.25, 0.3) is 0 Å². The van der Waals surface area contributed by atoms with Gasteiger partial charge in [-0.1, -0.05) is 25.0 Å². The molecule has 2 nitrogen and oxygen atoms in total. The Kier molecular flexibility index (Phi) is 4.47. The Balaban J connectivity index is 2.13. The quantitative estimate of drug-likeness (QED) is 0.883. The van der Waals surface area contributed by atoms with Crippen molar-refractivity contribution < 1.29 is 13.2 Å². The minimum absolute atomic E-state index is 0.203. The Morgan fingerprint density at radius 2 is 1.95 bits per heavy atom. The summed E-state index contributed by atoms with van der Waals surface area (Å²) in [5.74, 6) is 0. The minimum atomic E-state index is -4.30. The number of hydrogen-bond acceptors (Lipinski definition) is 2. The predicted octanol–water partition coefficient (Wildman–Crippen LogP) is 3.24. The van der Waals surface area contributed by atoms with Crippen molar-refractivity contribution in [2.75, 3.05) is 6.54 Å². The van der Waals surface area contributed by atoms with Gasteiger partial charge in [0, 0.05) is 18.6 Å². The average molecular weight is 272 g/mol. The van der Waals surface area contributed by atoms with Crippen LogP contribution >= 0.6 is 0 Å². The maximum absolute atomic E-state index is 12.7. The summed E-state index contributed by atoms with van der Waals surface area (Å²) in [6, 6.07) is 5.60. The number of hydrogen-bond donors (Lipinski definition) is 2. The van der Waals surface area contributed by atoms with Crippen molar-refractivity contribution in [3.05, 3.63) is 35.4 Å². The van der Waals surface area contributed by atoms with Gasteiger partial charge in [0.2, 0.25) is 0 Å². The number of nitrogens with two attached hydrogens (primary N) is 1. The minimum Gasteiger partial charge on any atom is -0.329 e. The Labute approximate surface area is 111 Å². The van der Waals surface area contributed by atoms with Crippen LogP contribution in [0, 0.1) is 0 Å². The molecule has 0 aliphatic heterocycles. The van der Waals surface area contributed by atoms with E-state index in [1.54, 1.807) is 6.07 Å². The lowest BCUT2D eigenvalue weighted by Gasteiger charge is -2.22. The molecule has 1 aromatic carbocycles. The number of nitrogens with one attached hydrogen (secondary N) is 1. The van der Waals surface area contributed by atoms with Gasteiger partial charge in [0.15, 0.2) is 0 Å². The van der Waals surface area contributed by atoms with Gasteiger partial charge in [-0.3, -0.25) is 0 Å². The monoisotopic (exact) mass is 272 g/mol. The lowest BCUT2D eigenvalue weighted by Crippen LogP contribution is -2.35. The van der Waals surface area contributed by atoms with E-state index in [2.05, 4.69) is 5.32 Å². The van der Waals surface area contributed by atoms with Gasteiger partial charge in [-0.05, 0) is 30.5 Å². The third-order valence-electron chi connectivity index (χ3n) is 3.64. The fourth-order valence-corrected chi connectivity index (χ4v) is 2.61. The standard InChI is InChI=1S/C14H19F3N2/c15-14(16,17)11-5-3-4-10(8-11)13(9-18)19-12-6-1-2-7-12/h3-5,8,12-13,19H,1-2,6-7,9,18H2. The Morgan fingerprint density at radius 1 is 1.26 bits per heavy atom. The zero-order valence-corrected chi connectivity index (χ0v) is 10.7. The molecule has 0 radical (unpaired) electrons. The van der Waals surface area contributed by atoms with Crippen molar-refractivity contribution in [1.82, 2.24) is 5.32 Å². The molecule has 1 aliphatic carbocycles. The fourth-order valence-electron chi connectivity index (χ4n) is 2.61. The molecule has 0 heterocycles. The molecule has 1 unspecified atom stereocenters. The van der Waals surface area contributed by atoms with E-state index >= 15 is 0 Å². The van der Waals surface area contributed by atoms with Gasteiger partial charge in [0.1, 0.15) is 0 Å². The molecule has 106 valence electrons. The summed E-state index contributed by atoms with van der Waals surface area (Å²) in [5, 5.41) is 3.37. The number of benzene rings is 1. The molecular weight excluding hydrogens is 253 g/mol. The van der Waals surface area contributed by atoms with Crippen molar-refractivity contribution in [2.24, 2.45) is 5.73 Å². The summed E-state index contributed by atoms with van der Waals surface area (Å²) >= 11 is 0. The molecule has 1 saturated carbocycles. The van der Waals surface area contributed by atoms with Crippen LogP contribution in [-0.2, 0) is 6.18 Å². The molecule has 19 heavy (non-hydrogen) atoms. The van der Waals surface area contributed by atoms with Crippen molar-refractivity contribution in [3.63, 3.8) is 0 Å². The van der Waals surface area contributed by atoms with Crippen LogP contribution in [0.1, 0.15) is 42.9 Å². The molecule has 0 aromatic heterocycles. The normalized spacial score (nSPS) is 18.7. The first-order valence-electron chi connectivity index (χ1n) is 6.64. The first-order valence-corrected chi connectivity index (χ1v) is 6.64. The van der Waals surface area contributed by atoms with Gasteiger partial charge in [0.25, 0.3) is 0 Å². The summed E-state index contributed by atoms with van der Waals surface area (Å²) in [6.45, 7) is 0.303. The maximum atomic E-state index is 12.7. The summed E-state index contributed by atoms with van der Waals surface area (Å²) in [5.41, 5.74) is 5.70. The lowest BCUT2D eigenvalue weighted by atomic mass is 10.0. The summed E-state index contributed by atoms with van der Waals surface area (Å²) < 4.78 is 38.1. The largest absolute Gasteiger partial charge is 0.416 e. The highest BCUT2D eigenvalue weighted by molar-refractivity contribution is 5.28. The van der Waals surface area contributed by atoms with Crippen LogP contribution in [0.3, 0.4) is 0 Å². The molecular formula is C14H19F3N2. The number of halogens is 3. The van der Waals surface area contributed by atoms with E-state index in [-0.39, 0.29) is 6.04 Å². The van der Waals surface area contributed by atoms with E-state index in [1.165, 1.54) is 25.0 Å². The Hall–Kier alpha value is -1.07. The van der Waals surface area contributed by atoms with E-state index in [9.17, 15) is 13.2 Å². The van der Waals surface area contributed by atoms with Gasteiger partial charge in [-0.25, -0.2) is 0 Å². The third kappa shape index (κ3) is 3.70. The number of alkyl halides is 3. The predicted molar refractivity (Wildman–Crippen MR) is 68.6 cm³/mol. The second-order valence-corrected chi connectivity index (χ2v) is 5.06. The van der Waals surface area contributed by atoms with Crippen LogP contribution in [0.2, 0.25) is 0 Å². The molecule has 0 bridgehead atoms. The van der Waals surface area contributed by atoms with Gasteiger partial charge >= 0.3 is 6.18 Å². The zero-order chi connectivity index (χ0) is 13.9. The van der Waals surface area contributed by atoms with Crippen LogP contribution in [0.4, 0.5) is 13.2 Å². The van der Waals surface area contributed by atoms with Gasteiger partial charge in [-0.15, -0.1) is 0 Å². The first-order chi connectivity index (χ1) is 9.00. The third-order valence-corrected chi connectivity index (χ3v) is 3.64. The molecule has 1 aromatic rings. The second kappa shape index (κ2) is 5.92. The van der Waals surface area contributed by atoms with Gasteiger partial charge < -0.3 is 11.1 Å². The fraction of sp³-hybridized carbons (Fsp3) is 0.571. The van der Waals surface area contributed by atoms with Crippen LogP contribution < -0.4 is 11.1 Å². The van der Waals surface area contributed by atoms with Crippen molar-refractivity contribution in [2.45, 2.75) is 43.9 Å². The van der Waals surface area contributed by atoms with E-state index < -0.39 is 11.7 Å². The highest BCUT2D eigenvalue weighted by Gasteiger charge is 2.31. The van der Waals surface area contributed by atoms with Crippen molar-refractivity contribution in [1.29, 1.82) is 0 Å². The SMILES string of the molecule is NCC(NC1CCCC1)c1cccc(C(F)(F)F)c1. The van der Waals surface area contributed by atoms with Crippen LogP contribution in [0.15, 0.2) is 24.3 Å². The number of rotatable bonds is 4. The molecule has 0 saturated heterocycles. The Bertz CT molecular complexity index is 411. The molecule has 3 N–H and O–H groups in total. The molecule has 2 rings (SSSR count). The second-order valence-electron chi connectivity index (χ2n) is 5.06. The average Bonchev–Trinajstić information content (AvgIpc) is 2.88. The Morgan fingerprint density at radius 3 is 2.53 bits per heavy atom. The topological polar surface area (TPSA) is 38.0 Å². The van der Waals surface area contributed by atoms with Crippen molar-refractivity contribution >= 4 is 0 Å². The van der Waals surface area contributed by atoms with Crippen molar-refractivity contribution in [3.8, 4) is 0 Å². The van der Waals surface area contributed by atoms with E-state index in [4.69, 9.17) is 5.73 Å². The molecule has 5 heteroatoms. The van der Waals surface area contributed by atoms with Gasteiger partial charge in [-0.2, -0.15) is 13.2 Å². The summed E-state index contributed by atoms with van der Waals surface area (Å²) in [4.78, 5) is 0. The first kappa shape index (κ1) is 14.3. The van der Waals surface area contributed by atoms with E-state index in [1.807, 2.05) is 0 Å². The summed E-state index contributed by atoms with van der Waals surface area (Å²) in [6.07, 6.45) is 0.211. The highest BCUT2D eigenvalue weighted by atomic mass is 19.4. The smallest absolute Gasteiger partial charge is 0.329 e. The molecule has 0 spiro atoms. The highest BCUT2D eigenvalue weighted by Crippen LogP contribution is 2.31. The summed E-state index contributed by atoms with van der Waals surface area (Å²) in [7, 11) is 0. The van der Waals surface area contributed by atoms with E-state index in [0.717, 1.165) is 18.9 Å². The van der Waals surface area contributed by atoms with Crippen LogP contribution in [0.5, 0.6) is 0 Å². The van der Waals surface area contributed by atoms with Gasteiger partial charge in [0.05, 0.1) is 5.56 Å². The zero-order valence-electron chi connectivity index (χ0n) is 10.7. The van der Waals surface area contributed by atoms with E-state index in [0.29, 0.717) is 18.2 Å².